The first-order valence-electron chi connectivity index (χ1n) is 8.55. The lowest BCUT2D eigenvalue weighted by atomic mass is 9.84. The first-order chi connectivity index (χ1) is 11.1. The lowest BCUT2D eigenvalue weighted by molar-refractivity contribution is -0.0524. The Labute approximate surface area is 142 Å². The predicted molar refractivity (Wildman–Crippen MR) is 86.5 cm³/mol. The molecule has 0 aromatic heterocycles. The van der Waals surface area contributed by atoms with E-state index in [1.54, 1.807) is 0 Å². The SMILES string of the molecule is CC.CC1=C2CC3(CCCC3)CC2=C(OS(=O)(=O)C(F)(F)F)CC1. The van der Waals surface area contributed by atoms with E-state index in [1.165, 1.54) is 0 Å². The lowest BCUT2D eigenvalue weighted by Crippen LogP contribution is -2.26. The van der Waals surface area contributed by atoms with E-state index < -0.39 is 15.6 Å². The molecular weight excluding hydrogens is 341 g/mol. The first-order valence-corrected chi connectivity index (χ1v) is 9.96. The molecular formula is C17H25F3O3S. The number of halogens is 3. The molecule has 3 aliphatic carbocycles. The van der Waals surface area contributed by atoms with E-state index in [1.807, 2.05) is 20.8 Å². The lowest BCUT2D eigenvalue weighted by Gasteiger charge is -2.21. The third-order valence-electron chi connectivity index (χ3n) is 5.20. The second-order valence-electron chi connectivity index (χ2n) is 6.70. The van der Waals surface area contributed by atoms with Crippen LogP contribution in [0.5, 0.6) is 0 Å². The number of alkyl halides is 3. The molecule has 0 heterocycles. The summed E-state index contributed by atoms with van der Waals surface area (Å²) in [6.07, 6.45) is 6.70. The molecule has 0 saturated heterocycles. The van der Waals surface area contributed by atoms with E-state index >= 15 is 0 Å². The van der Waals surface area contributed by atoms with Gasteiger partial charge in [-0.15, -0.1) is 0 Å². The highest BCUT2D eigenvalue weighted by molar-refractivity contribution is 7.87. The van der Waals surface area contributed by atoms with E-state index in [0.717, 1.165) is 48.8 Å². The average Bonchev–Trinajstić information content (AvgIpc) is 3.11. The zero-order valence-electron chi connectivity index (χ0n) is 14.4. The van der Waals surface area contributed by atoms with E-state index in [0.29, 0.717) is 12.8 Å². The minimum atomic E-state index is -5.57. The standard InChI is InChI=1S/C15H19F3O3S.C2H6/c1-10-4-5-13(21-22(19,20)15(16,17)18)12-9-14(8-11(10)12)6-2-3-7-14;1-2/h2-9H2,1H3;1-2H3. The molecule has 0 atom stereocenters. The monoisotopic (exact) mass is 366 g/mol. The molecule has 138 valence electrons. The van der Waals surface area contributed by atoms with Crippen molar-refractivity contribution in [2.75, 3.05) is 0 Å². The second kappa shape index (κ2) is 6.73. The Morgan fingerprint density at radius 3 is 2.08 bits per heavy atom. The molecule has 0 amide bonds. The largest absolute Gasteiger partial charge is 0.534 e. The number of hydrogen-bond donors (Lipinski definition) is 0. The molecule has 0 radical (unpaired) electrons. The number of hydrogen-bond acceptors (Lipinski definition) is 3. The van der Waals surface area contributed by atoms with Gasteiger partial charge in [-0.1, -0.05) is 32.3 Å². The molecule has 24 heavy (non-hydrogen) atoms. The van der Waals surface area contributed by atoms with Crippen LogP contribution in [0.4, 0.5) is 13.2 Å². The van der Waals surface area contributed by atoms with Gasteiger partial charge in [0.1, 0.15) is 5.76 Å². The number of allylic oxidation sites excluding steroid dienone is 4. The normalized spacial score (nSPS) is 23.2. The van der Waals surface area contributed by atoms with Gasteiger partial charge in [0.05, 0.1) is 0 Å². The first kappa shape index (κ1) is 19.3. The molecule has 3 nitrogen and oxygen atoms in total. The summed E-state index contributed by atoms with van der Waals surface area (Å²) in [5.41, 5.74) is -2.33. The van der Waals surface area contributed by atoms with E-state index in [2.05, 4.69) is 4.18 Å². The molecule has 0 bridgehead atoms. The van der Waals surface area contributed by atoms with Crippen LogP contribution >= 0.6 is 0 Å². The average molecular weight is 366 g/mol. The van der Waals surface area contributed by atoms with Crippen molar-refractivity contribution in [3.8, 4) is 0 Å². The van der Waals surface area contributed by atoms with Crippen molar-refractivity contribution in [2.45, 2.75) is 77.6 Å². The molecule has 0 unspecified atom stereocenters. The minimum Gasteiger partial charge on any atom is -0.380 e. The Balaban J connectivity index is 0.00000100. The highest BCUT2D eigenvalue weighted by atomic mass is 32.2. The van der Waals surface area contributed by atoms with Gasteiger partial charge in [-0.2, -0.15) is 21.6 Å². The maximum Gasteiger partial charge on any atom is 0.534 e. The van der Waals surface area contributed by atoms with Crippen molar-refractivity contribution >= 4 is 10.1 Å². The van der Waals surface area contributed by atoms with Crippen molar-refractivity contribution in [3.63, 3.8) is 0 Å². The summed E-state index contributed by atoms with van der Waals surface area (Å²) in [7, 11) is -5.57. The van der Waals surface area contributed by atoms with Crippen molar-refractivity contribution in [1.29, 1.82) is 0 Å². The summed E-state index contributed by atoms with van der Waals surface area (Å²) in [6.45, 7) is 5.98. The van der Waals surface area contributed by atoms with Gasteiger partial charge in [-0.05, 0) is 55.6 Å². The van der Waals surface area contributed by atoms with Gasteiger partial charge < -0.3 is 4.18 Å². The summed E-state index contributed by atoms with van der Waals surface area (Å²) in [5, 5.41) is 0. The fraction of sp³-hybridized carbons (Fsp3) is 0.765. The third kappa shape index (κ3) is 3.51. The van der Waals surface area contributed by atoms with Crippen LogP contribution in [0.2, 0.25) is 0 Å². The van der Waals surface area contributed by atoms with Gasteiger partial charge in [0.2, 0.25) is 0 Å². The summed E-state index contributed by atoms with van der Waals surface area (Å²) in [4.78, 5) is 0. The van der Waals surface area contributed by atoms with Crippen LogP contribution in [0.1, 0.15) is 72.1 Å². The van der Waals surface area contributed by atoms with Crippen molar-refractivity contribution in [3.05, 3.63) is 22.5 Å². The number of fused-ring (bicyclic) bond motifs is 1. The Bertz CT molecular complexity index is 651. The summed E-state index contributed by atoms with van der Waals surface area (Å²) in [6, 6.07) is 0. The van der Waals surface area contributed by atoms with E-state index in [9.17, 15) is 21.6 Å². The van der Waals surface area contributed by atoms with Gasteiger partial charge in [0, 0.05) is 6.42 Å². The second-order valence-corrected chi connectivity index (χ2v) is 8.24. The molecule has 0 aliphatic heterocycles. The van der Waals surface area contributed by atoms with Crippen molar-refractivity contribution in [1.82, 2.24) is 0 Å². The Morgan fingerprint density at radius 1 is 1.00 bits per heavy atom. The molecule has 3 rings (SSSR count). The number of rotatable bonds is 2. The van der Waals surface area contributed by atoms with E-state index in [4.69, 9.17) is 0 Å². The van der Waals surface area contributed by atoms with Crippen LogP contribution in [0, 0.1) is 5.41 Å². The Hall–Kier alpha value is -0.980. The molecule has 0 aromatic rings. The highest BCUT2D eigenvalue weighted by Crippen LogP contribution is 2.58. The highest BCUT2D eigenvalue weighted by Gasteiger charge is 2.50. The van der Waals surface area contributed by atoms with Crippen LogP contribution in [0.15, 0.2) is 22.5 Å². The topological polar surface area (TPSA) is 43.4 Å². The Morgan fingerprint density at radius 2 is 1.54 bits per heavy atom. The summed E-state index contributed by atoms with van der Waals surface area (Å²) >= 11 is 0. The third-order valence-corrected chi connectivity index (χ3v) is 6.19. The van der Waals surface area contributed by atoms with Crippen molar-refractivity contribution in [2.24, 2.45) is 5.41 Å². The molecule has 7 heteroatoms. The molecule has 3 aliphatic rings. The van der Waals surface area contributed by atoms with E-state index in [-0.39, 0.29) is 17.6 Å². The van der Waals surface area contributed by atoms with Crippen LogP contribution < -0.4 is 0 Å². The van der Waals surface area contributed by atoms with Gasteiger partial charge in [-0.3, -0.25) is 0 Å². The van der Waals surface area contributed by atoms with Gasteiger partial charge in [0.25, 0.3) is 0 Å². The zero-order chi connectivity index (χ0) is 18.2. The molecule has 2 saturated carbocycles. The fourth-order valence-electron chi connectivity index (χ4n) is 4.05. The fourth-order valence-corrected chi connectivity index (χ4v) is 4.60. The van der Waals surface area contributed by atoms with Crippen LogP contribution in [0.3, 0.4) is 0 Å². The minimum absolute atomic E-state index is 0.0155. The van der Waals surface area contributed by atoms with Gasteiger partial charge >= 0.3 is 15.6 Å². The predicted octanol–water partition coefficient (Wildman–Crippen LogP) is 5.60. The maximum atomic E-state index is 12.6. The quantitative estimate of drug-likeness (QED) is 0.472. The Kier molecular flexibility index (Phi) is 5.43. The van der Waals surface area contributed by atoms with Crippen LogP contribution in [0.25, 0.3) is 0 Å². The van der Waals surface area contributed by atoms with Crippen molar-refractivity contribution < 1.29 is 25.8 Å². The smallest absolute Gasteiger partial charge is 0.380 e. The van der Waals surface area contributed by atoms with Gasteiger partial charge in [-0.25, -0.2) is 0 Å². The summed E-state index contributed by atoms with van der Waals surface area (Å²) < 4.78 is 64.8. The molecule has 0 aromatic carbocycles. The molecule has 2 fully saturated rings. The summed E-state index contributed by atoms with van der Waals surface area (Å²) in [5.74, 6) is 0.0155. The zero-order valence-corrected chi connectivity index (χ0v) is 15.2. The van der Waals surface area contributed by atoms with Gasteiger partial charge in [0.15, 0.2) is 0 Å². The molecule has 0 N–H and O–H groups in total. The van der Waals surface area contributed by atoms with Crippen LogP contribution in [-0.4, -0.2) is 13.9 Å². The van der Waals surface area contributed by atoms with Crippen LogP contribution in [-0.2, 0) is 14.3 Å². The molecule has 1 spiro atoms. The maximum absolute atomic E-state index is 12.6.